The maximum absolute atomic E-state index is 12.5. The molecule has 0 spiro atoms. The molecule has 0 fully saturated rings. The highest BCUT2D eigenvalue weighted by molar-refractivity contribution is 6.24. The van der Waals surface area contributed by atoms with Crippen LogP contribution in [0.4, 0.5) is 0 Å². The molecule has 2 heteroatoms. The Labute approximate surface area is 187 Å². The van der Waals surface area contributed by atoms with Gasteiger partial charge in [0.2, 0.25) is 0 Å². The van der Waals surface area contributed by atoms with Crippen LogP contribution in [0.3, 0.4) is 0 Å². The van der Waals surface area contributed by atoms with Crippen LogP contribution in [0, 0.1) is 17.8 Å². The van der Waals surface area contributed by atoms with Gasteiger partial charge in [-0.05, 0) is 51.4 Å². The number of hydrogen-bond donors (Lipinski definition) is 0. The van der Waals surface area contributed by atoms with Gasteiger partial charge in [0.05, 0.1) is 0 Å². The zero-order chi connectivity index (χ0) is 22.7. The van der Waals surface area contributed by atoms with Gasteiger partial charge in [0.1, 0.15) is 0 Å². The van der Waals surface area contributed by atoms with Crippen molar-refractivity contribution in [1.82, 2.24) is 0 Å². The van der Waals surface area contributed by atoms with E-state index < -0.39 is 0 Å². The zero-order valence-corrected chi connectivity index (χ0v) is 21.0. The van der Waals surface area contributed by atoms with E-state index in [1.807, 2.05) is 6.92 Å². The molecule has 2 atom stereocenters. The number of carbonyl (C=O) groups is 2. The standard InChI is InChI=1S/C28H48O2/c1-20(2)14-12-16-22(4)18-13-17-21(3)15-10-8-9-11-19-26-25(7)27(29)23(5)24(6)28(26)30/h20-22H,8-19H2,1-7H3/t21-,22+/m0/s1. The number of Topliss-reactive ketones (excluding diaryl/α,β-unsaturated/α-hetero) is 2. The Balaban J connectivity index is 2.13. The monoisotopic (exact) mass is 416 g/mol. The molecule has 0 amide bonds. The summed E-state index contributed by atoms with van der Waals surface area (Å²) in [5.41, 5.74) is 2.71. The SMILES string of the molecule is CC1=C(C)C(=O)C(CCCCCC[C@H](C)CCC[C@H](C)CCCC(C)C)=C(C)C1=O. The number of carbonyl (C=O) groups excluding carboxylic acids is 2. The van der Waals surface area contributed by atoms with Gasteiger partial charge in [-0.3, -0.25) is 9.59 Å². The number of unbranched alkanes of at least 4 members (excludes halogenated alkanes) is 3. The van der Waals surface area contributed by atoms with E-state index in [1.165, 1.54) is 57.8 Å². The lowest BCUT2D eigenvalue weighted by atomic mass is 9.84. The first kappa shape index (κ1) is 26.9. The van der Waals surface area contributed by atoms with Gasteiger partial charge in [-0.2, -0.15) is 0 Å². The summed E-state index contributed by atoms with van der Waals surface area (Å²) in [4.78, 5) is 24.7. The lowest BCUT2D eigenvalue weighted by molar-refractivity contribution is -0.116. The minimum absolute atomic E-state index is 0.0603. The van der Waals surface area contributed by atoms with Gasteiger partial charge in [-0.1, -0.05) is 91.9 Å². The van der Waals surface area contributed by atoms with E-state index in [4.69, 9.17) is 0 Å². The van der Waals surface area contributed by atoms with E-state index in [0.29, 0.717) is 16.7 Å². The summed E-state index contributed by atoms with van der Waals surface area (Å²) in [6, 6.07) is 0. The van der Waals surface area contributed by atoms with Crippen molar-refractivity contribution in [2.75, 3.05) is 0 Å². The van der Waals surface area contributed by atoms with Crippen LogP contribution in [0.2, 0.25) is 0 Å². The minimum Gasteiger partial charge on any atom is -0.289 e. The molecule has 0 aromatic heterocycles. The van der Waals surface area contributed by atoms with Crippen LogP contribution in [0.15, 0.2) is 22.3 Å². The fourth-order valence-corrected chi connectivity index (χ4v) is 4.58. The van der Waals surface area contributed by atoms with Gasteiger partial charge in [0, 0.05) is 22.3 Å². The third-order valence-corrected chi connectivity index (χ3v) is 7.06. The van der Waals surface area contributed by atoms with Crippen molar-refractivity contribution in [3.8, 4) is 0 Å². The molecule has 0 radical (unpaired) electrons. The highest BCUT2D eigenvalue weighted by Gasteiger charge is 2.27. The van der Waals surface area contributed by atoms with E-state index in [-0.39, 0.29) is 11.6 Å². The molecule has 1 rings (SSSR count). The van der Waals surface area contributed by atoms with E-state index in [1.54, 1.807) is 13.8 Å². The Morgan fingerprint density at radius 1 is 0.533 bits per heavy atom. The van der Waals surface area contributed by atoms with Crippen LogP contribution in [-0.4, -0.2) is 11.6 Å². The van der Waals surface area contributed by atoms with Crippen LogP contribution in [0.25, 0.3) is 0 Å². The summed E-state index contributed by atoms with van der Waals surface area (Å²) in [6.45, 7) is 14.8. The highest BCUT2D eigenvalue weighted by Crippen LogP contribution is 2.28. The van der Waals surface area contributed by atoms with Crippen molar-refractivity contribution in [3.63, 3.8) is 0 Å². The van der Waals surface area contributed by atoms with Crippen LogP contribution in [0.1, 0.15) is 126 Å². The Kier molecular flexibility index (Phi) is 12.5. The van der Waals surface area contributed by atoms with Crippen molar-refractivity contribution in [1.29, 1.82) is 0 Å². The lowest BCUT2D eigenvalue weighted by Gasteiger charge is -2.18. The second-order valence-electron chi connectivity index (χ2n) is 10.4. The molecular formula is C28H48O2. The normalized spacial score (nSPS) is 17.3. The molecule has 0 unspecified atom stereocenters. The molecule has 0 aromatic carbocycles. The average molecular weight is 417 g/mol. The minimum atomic E-state index is 0.0603. The fraction of sp³-hybridized carbons (Fsp3) is 0.786. The first-order chi connectivity index (χ1) is 14.1. The molecule has 172 valence electrons. The van der Waals surface area contributed by atoms with Crippen molar-refractivity contribution < 1.29 is 9.59 Å². The summed E-state index contributed by atoms with van der Waals surface area (Å²) in [6.07, 6.45) is 15.0. The number of ketones is 2. The quantitative estimate of drug-likeness (QED) is 0.198. The number of rotatable bonds is 15. The van der Waals surface area contributed by atoms with Gasteiger partial charge in [-0.15, -0.1) is 0 Å². The smallest absolute Gasteiger partial charge is 0.185 e. The molecule has 0 heterocycles. The molecule has 0 saturated carbocycles. The Morgan fingerprint density at radius 2 is 1.00 bits per heavy atom. The summed E-state index contributed by atoms with van der Waals surface area (Å²) in [7, 11) is 0. The summed E-state index contributed by atoms with van der Waals surface area (Å²) >= 11 is 0. The van der Waals surface area contributed by atoms with Gasteiger partial charge >= 0.3 is 0 Å². The number of allylic oxidation sites excluding steroid dienone is 4. The molecule has 1 aliphatic carbocycles. The summed E-state index contributed by atoms with van der Waals surface area (Å²) < 4.78 is 0. The molecule has 0 aromatic rings. The van der Waals surface area contributed by atoms with E-state index >= 15 is 0 Å². The third kappa shape index (κ3) is 9.31. The van der Waals surface area contributed by atoms with Crippen molar-refractivity contribution in [2.24, 2.45) is 17.8 Å². The first-order valence-corrected chi connectivity index (χ1v) is 12.6. The van der Waals surface area contributed by atoms with E-state index in [0.717, 1.165) is 42.6 Å². The number of hydrogen-bond acceptors (Lipinski definition) is 2. The third-order valence-electron chi connectivity index (χ3n) is 7.06. The van der Waals surface area contributed by atoms with Crippen molar-refractivity contribution >= 4 is 11.6 Å². The zero-order valence-electron chi connectivity index (χ0n) is 21.0. The molecule has 2 nitrogen and oxygen atoms in total. The van der Waals surface area contributed by atoms with Crippen molar-refractivity contribution in [3.05, 3.63) is 22.3 Å². The Bertz CT molecular complexity index is 621. The van der Waals surface area contributed by atoms with Gasteiger partial charge in [0.25, 0.3) is 0 Å². The maximum atomic E-state index is 12.5. The Hall–Kier alpha value is -1.18. The van der Waals surface area contributed by atoms with E-state index in [2.05, 4.69) is 27.7 Å². The molecular weight excluding hydrogens is 368 g/mol. The molecule has 30 heavy (non-hydrogen) atoms. The fourth-order valence-electron chi connectivity index (χ4n) is 4.58. The molecule has 0 N–H and O–H groups in total. The van der Waals surface area contributed by atoms with Crippen LogP contribution < -0.4 is 0 Å². The van der Waals surface area contributed by atoms with Gasteiger partial charge in [-0.25, -0.2) is 0 Å². The predicted molar refractivity (Wildman–Crippen MR) is 130 cm³/mol. The average Bonchev–Trinajstić information content (AvgIpc) is 2.69. The van der Waals surface area contributed by atoms with E-state index in [9.17, 15) is 9.59 Å². The summed E-state index contributed by atoms with van der Waals surface area (Å²) in [5, 5.41) is 0. The van der Waals surface area contributed by atoms with Gasteiger partial charge < -0.3 is 0 Å². The second-order valence-corrected chi connectivity index (χ2v) is 10.4. The molecule has 0 saturated heterocycles. The first-order valence-electron chi connectivity index (χ1n) is 12.6. The summed E-state index contributed by atoms with van der Waals surface area (Å²) in [5.74, 6) is 2.70. The molecule has 0 bridgehead atoms. The highest BCUT2D eigenvalue weighted by atomic mass is 16.1. The van der Waals surface area contributed by atoms with Crippen LogP contribution >= 0.6 is 0 Å². The maximum Gasteiger partial charge on any atom is 0.185 e. The lowest BCUT2D eigenvalue weighted by Crippen LogP contribution is -2.20. The van der Waals surface area contributed by atoms with Crippen LogP contribution in [0.5, 0.6) is 0 Å². The molecule has 0 aliphatic heterocycles. The Morgan fingerprint density at radius 3 is 1.57 bits per heavy atom. The van der Waals surface area contributed by atoms with Crippen LogP contribution in [-0.2, 0) is 9.59 Å². The predicted octanol–water partition coefficient (Wildman–Crippen LogP) is 8.40. The van der Waals surface area contributed by atoms with Gasteiger partial charge in [0.15, 0.2) is 11.6 Å². The second kappa shape index (κ2) is 14.0. The largest absolute Gasteiger partial charge is 0.289 e. The van der Waals surface area contributed by atoms with Crippen molar-refractivity contribution in [2.45, 2.75) is 126 Å². The molecule has 1 aliphatic rings. The topological polar surface area (TPSA) is 34.1 Å².